The molecule has 0 radical (unpaired) electrons. The lowest BCUT2D eigenvalue weighted by Gasteiger charge is -2.48. The quantitative estimate of drug-likeness (QED) is 0.632. The van der Waals surface area contributed by atoms with Crippen LogP contribution in [-0.4, -0.2) is 30.9 Å². The highest BCUT2D eigenvalue weighted by atomic mass is 19.4. The summed E-state index contributed by atoms with van der Waals surface area (Å²) in [7, 11) is 0. The molecule has 0 aliphatic rings. The van der Waals surface area contributed by atoms with Crippen LogP contribution in [0.4, 0.5) is 39.5 Å². The molecule has 1 atom stereocenters. The molecule has 122 valence electrons. The summed E-state index contributed by atoms with van der Waals surface area (Å²) in [5.41, 5.74) is -5.43. The van der Waals surface area contributed by atoms with Crippen molar-refractivity contribution >= 4 is 0 Å². The number of halogens is 9. The highest BCUT2D eigenvalue weighted by molar-refractivity contribution is 5.10. The highest BCUT2D eigenvalue weighted by Crippen LogP contribution is 2.64. The second kappa shape index (κ2) is 5.24. The van der Waals surface area contributed by atoms with Crippen LogP contribution in [0.3, 0.4) is 0 Å². The van der Waals surface area contributed by atoms with Crippen LogP contribution in [0.5, 0.6) is 0 Å². The summed E-state index contributed by atoms with van der Waals surface area (Å²) in [4.78, 5) is 0. The molecule has 0 amide bonds. The van der Waals surface area contributed by atoms with Crippen molar-refractivity contribution in [3.05, 3.63) is 0 Å². The van der Waals surface area contributed by atoms with Crippen molar-refractivity contribution in [2.24, 2.45) is 11.1 Å². The Balaban J connectivity index is 6.61. The number of hydrogen-bond donors (Lipinski definition) is 1. The van der Waals surface area contributed by atoms with E-state index in [1.165, 1.54) is 0 Å². The fraction of sp³-hybridized carbons (Fsp3) is 1.00. The summed E-state index contributed by atoms with van der Waals surface area (Å²) in [6.45, 7) is 0.729. The van der Waals surface area contributed by atoms with Gasteiger partial charge in [-0.1, -0.05) is 6.92 Å². The Morgan fingerprint density at radius 1 is 0.750 bits per heavy atom. The first-order chi connectivity index (χ1) is 8.62. The minimum atomic E-state index is -6.73. The molecule has 0 aromatic heterocycles. The van der Waals surface area contributed by atoms with E-state index < -0.39 is 42.7 Å². The standard InChI is InChI=1S/C9H12F9NO/c1-3-5(19,20-4-2)6(7(10,11)12,8(13,14)15)9(16,17)18/h3-4,19H2,1-2H3. The highest BCUT2D eigenvalue weighted by Gasteiger charge is 2.90. The Morgan fingerprint density at radius 3 is 1.20 bits per heavy atom. The average Bonchev–Trinajstić information content (AvgIpc) is 2.10. The first kappa shape index (κ1) is 19.3. The number of hydrogen-bond acceptors (Lipinski definition) is 2. The lowest BCUT2D eigenvalue weighted by molar-refractivity contribution is -0.470. The Morgan fingerprint density at radius 2 is 1.05 bits per heavy atom. The van der Waals surface area contributed by atoms with Crippen LogP contribution in [0.1, 0.15) is 20.3 Å². The molecule has 0 bridgehead atoms. The van der Waals surface area contributed by atoms with Gasteiger partial charge in [-0.2, -0.15) is 39.5 Å². The second-order valence-electron chi connectivity index (χ2n) is 3.92. The van der Waals surface area contributed by atoms with Crippen molar-refractivity contribution in [1.29, 1.82) is 0 Å². The molecule has 0 aromatic carbocycles. The molecule has 0 heterocycles. The van der Waals surface area contributed by atoms with E-state index in [2.05, 4.69) is 4.74 Å². The molecule has 0 saturated heterocycles. The fourth-order valence-corrected chi connectivity index (χ4v) is 1.93. The van der Waals surface area contributed by atoms with E-state index in [4.69, 9.17) is 5.73 Å². The minimum Gasteiger partial charge on any atom is -0.359 e. The van der Waals surface area contributed by atoms with Crippen LogP contribution >= 0.6 is 0 Å². The summed E-state index contributed by atoms with van der Waals surface area (Å²) < 4.78 is 119. The summed E-state index contributed by atoms with van der Waals surface area (Å²) in [5.74, 6) is 0. The third-order valence-electron chi connectivity index (χ3n) is 2.84. The van der Waals surface area contributed by atoms with Gasteiger partial charge in [-0.3, -0.25) is 0 Å². The molecule has 0 saturated carbocycles. The smallest absolute Gasteiger partial charge is 0.359 e. The molecule has 11 heteroatoms. The van der Waals surface area contributed by atoms with Crippen molar-refractivity contribution < 1.29 is 44.3 Å². The third kappa shape index (κ3) is 2.57. The van der Waals surface area contributed by atoms with Gasteiger partial charge in [0.2, 0.25) is 0 Å². The van der Waals surface area contributed by atoms with Crippen LogP contribution in [0.25, 0.3) is 0 Å². The lowest BCUT2D eigenvalue weighted by atomic mass is 9.73. The predicted molar refractivity (Wildman–Crippen MR) is 49.4 cm³/mol. The SMILES string of the molecule is CCOC(N)(CC)C(C(F)(F)F)(C(F)(F)F)C(F)(F)F. The van der Waals surface area contributed by atoms with Crippen molar-refractivity contribution in [3.8, 4) is 0 Å². The van der Waals surface area contributed by atoms with Gasteiger partial charge in [0.05, 0.1) is 0 Å². The van der Waals surface area contributed by atoms with E-state index in [9.17, 15) is 39.5 Å². The van der Waals surface area contributed by atoms with Crippen LogP contribution in [0.2, 0.25) is 0 Å². The summed E-state index contributed by atoms with van der Waals surface area (Å²) in [6, 6.07) is 0. The van der Waals surface area contributed by atoms with E-state index >= 15 is 0 Å². The van der Waals surface area contributed by atoms with Gasteiger partial charge >= 0.3 is 18.5 Å². The molecule has 2 nitrogen and oxygen atoms in total. The van der Waals surface area contributed by atoms with Gasteiger partial charge in [-0.05, 0) is 13.3 Å². The van der Waals surface area contributed by atoms with Crippen LogP contribution in [-0.2, 0) is 4.74 Å². The van der Waals surface area contributed by atoms with Crippen molar-refractivity contribution in [2.45, 2.75) is 44.5 Å². The summed E-state index contributed by atoms with van der Waals surface area (Å²) in [6.07, 6.45) is -21.5. The molecule has 0 aromatic rings. The number of nitrogens with two attached hydrogens (primary N) is 1. The summed E-state index contributed by atoms with van der Waals surface area (Å²) >= 11 is 0. The number of rotatable bonds is 4. The Kier molecular flexibility index (Phi) is 5.06. The molecular formula is C9H12F9NO. The van der Waals surface area contributed by atoms with Gasteiger partial charge in [0.1, 0.15) is 5.72 Å². The first-order valence-corrected chi connectivity index (χ1v) is 5.25. The number of alkyl halides is 9. The van der Waals surface area contributed by atoms with Crippen LogP contribution < -0.4 is 5.73 Å². The van der Waals surface area contributed by atoms with Gasteiger partial charge in [0, 0.05) is 6.61 Å². The zero-order valence-electron chi connectivity index (χ0n) is 10.3. The zero-order chi connectivity index (χ0) is 16.6. The predicted octanol–water partition coefficient (Wildman–Crippen LogP) is 3.76. The lowest BCUT2D eigenvalue weighted by Crippen LogP contribution is -2.75. The van der Waals surface area contributed by atoms with Gasteiger partial charge in [0.25, 0.3) is 5.41 Å². The largest absolute Gasteiger partial charge is 0.416 e. The normalized spacial score (nSPS) is 18.0. The second-order valence-corrected chi connectivity index (χ2v) is 3.92. The molecular weight excluding hydrogens is 309 g/mol. The topological polar surface area (TPSA) is 35.2 Å². The van der Waals surface area contributed by atoms with E-state index in [-0.39, 0.29) is 0 Å². The first-order valence-electron chi connectivity index (χ1n) is 5.25. The maximum Gasteiger partial charge on any atom is 0.416 e. The van der Waals surface area contributed by atoms with Gasteiger partial charge < -0.3 is 10.5 Å². The number of ether oxygens (including phenoxy) is 1. The Bertz CT molecular complexity index is 296. The molecule has 20 heavy (non-hydrogen) atoms. The molecule has 2 N–H and O–H groups in total. The summed E-state index contributed by atoms with van der Waals surface area (Å²) in [5, 5.41) is 0. The maximum atomic E-state index is 12.8. The monoisotopic (exact) mass is 321 g/mol. The van der Waals surface area contributed by atoms with E-state index in [1.807, 2.05) is 0 Å². The third-order valence-corrected chi connectivity index (χ3v) is 2.84. The van der Waals surface area contributed by atoms with E-state index in [1.54, 1.807) is 0 Å². The molecule has 0 aliphatic heterocycles. The van der Waals surface area contributed by atoms with E-state index in [0.717, 1.165) is 6.92 Å². The van der Waals surface area contributed by atoms with E-state index in [0.29, 0.717) is 6.92 Å². The van der Waals surface area contributed by atoms with Gasteiger partial charge in [0.15, 0.2) is 0 Å². The molecule has 0 spiro atoms. The van der Waals surface area contributed by atoms with Gasteiger partial charge in [-0.25, -0.2) is 0 Å². The zero-order valence-corrected chi connectivity index (χ0v) is 10.3. The van der Waals surface area contributed by atoms with Gasteiger partial charge in [-0.15, -0.1) is 0 Å². The molecule has 0 rings (SSSR count). The van der Waals surface area contributed by atoms with Crippen molar-refractivity contribution in [1.82, 2.24) is 0 Å². The van der Waals surface area contributed by atoms with Crippen molar-refractivity contribution in [3.63, 3.8) is 0 Å². The Hall–Kier alpha value is -0.710. The molecule has 0 aliphatic carbocycles. The fourth-order valence-electron chi connectivity index (χ4n) is 1.93. The molecule has 0 fully saturated rings. The average molecular weight is 321 g/mol. The minimum absolute atomic E-state index is 0.646. The van der Waals surface area contributed by atoms with Crippen LogP contribution in [0, 0.1) is 5.41 Å². The molecule has 1 unspecified atom stereocenters. The van der Waals surface area contributed by atoms with Crippen molar-refractivity contribution in [2.75, 3.05) is 6.61 Å². The maximum absolute atomic E-state index is 12.8. The van der Waals surface area contributed by atoms with Crippen LogP contribution in [0.15, 0.2) is 0 Å². The Labute approximate surface area is 108 Å².